The maximum absolute atomic E-state index is 9.52. The molecular weight excluding hydrogens is 222 g/mol. The van der Waals surface area contributed by atoms with Gasteiger partial charge in [-0.2, -0.15) is 0 Å². The maximum Gasteiger partial charge on any atom is 0.0628 e. The number of aliphatic hydroxyl groups is 1. The van der Waals surface area contributed by atoms with Crippen molar-refractivity contribution in [3.8, 4) is 0 Å². The highest BCUT2D eigenvalue weighted by atomic mass is 35.5. The first-order valence-corrected chi connectivity index (χ1v) is 5.73. The van der Waals surface area contributed by atoms with Gasteiger partial charge in [0.05, 0.1) is 12.6 Å². The fourth-order valence-electron chi connectivity index (χ4n) is 2.42. The number of likely N-dealkylation sites (tertiary alicyclic amines) is 1. The van der Waals surface area contributed by atoms with E-state index in [4.69, 9.17) is 0 Å². The minimum Gasteiger partial charge on any atom is -0.394 e. The molecule has 90 valence electrons. The minimum absolute atomic E-state index is 0. The van der Waals surface area contributed by atoms with Crippen molar-refractivity contribution in [1.82, 2.24) is 4.90 Å². The van der Waals surface area contributed by atoms with Crippen LogP contribution in [0.1, 0.15) is 30.0 Å². The first kappa shape index (κ1) is 13.5. The molecule has 1 atom stereocenters. The normalized spacial score (nSPS) is 18.1. The van der Waals surface area contributed by atoms with Crippen molar-refractivity contribution >= 4 is 12.4 Å². The largest absolute Gasteiger partial charge is 0.394 e. The van der Waals surface area contributed by atoms with E-state index in [1.54, 1.807) is 0 Å². The number of halogens is 1. The van der Waals surface area contributed by atoms with Crippen molar-refractivity contribution in [3.63, 3.8) is 0 Å². The van der Waals surface area contributed by atoms with E-state index in [1.165, 1.54) is 24.0 Å². The average Bonchev–Trinajstić information content (AvgIpc) is 2.75. The SMILES string of the molecule is Cc1ccccc1[C@H](CO)N1CCCC1.Cl. The summed E-state index contributed by atoms with van der Waals surface area (Å²) in [5.41, 5.74) is 2.56. The van der Waals surface area contributed by atoms with Gasteiger partial charge in [0.15, 0.2) is 0 Å². The smallest absolute Gasteiger partial charge is 0.0628 e. The van der Waals surface area contributed by atoms with Gasteiger partial charge >= 0.3 is 0 Å². The van der Waals surface area contributed by atoms with Crippen molar-refractivity contribution in [1.29, 1.82) is 0 Å². The molecule has 0 saturated carbocycles. The molecule has 16 heavy (non-hydrogen) atoms. The quantitative estimate of drug-likeness (QED) is 0.879. The van der Waals surface area contributed by atoms with E-state index >= 15 is 0 Å². The lowest BCUT2D eigenvalue weighted by molar-refractivity contribution is 0.146. The van der Waals surface area contributed by atoms with Gasteiger partial charge in [-0.1, -0.05) is 24.3 Å². The molecule has 0 radical (unpaired) electrons. The number of hydrogen-bond acceptors (Lipinski definition) is 2. The number of rotatable bonds is 3. The third kappa shape index (κ3) is 2.76. The Morgan fingerprint density at radius 1 is 1.25 bits per heavy atom. The van der Waals surface area contributed by atoms with Crippen LogP contribution in [-0.2, 0) is 0 Å². The zero-order chi connectivity index (χ0) is 10.7. The van der Waals surface area contributed by atoms with Crippen molar-refractivity contribution in [2.45, 2.75) is 25.8 Å². The van der Waals surface area contributed by atoms with Crippen LogP contribution in [0, 0.1) is 6.92 Å². The number of benzene rings is 1. The molecule has 2 nitrogen and oxygen atoms in total. The van der Waals surface area contributed by atoms with Crippen LogP contribution >= 0.6 is 12.4 Å². The van der Waals surface area contributed by atoms with Crippen LogP contribution in [0.5, 0.6) is 0 Å². The monoisotopic (exact) mass is 241 g/mol. The Kier molecular flexibility index (Phi) is 5.26. The van der Waals surface area contributed by atoms with Crippen LogP contribution in [0.3, 0.4) is 0 Å². The van der Waals surface area contributed by atoms with Gasteiger partial charge in [-0.3, -0.25) is 4.90 Å². The number of nitrogens with zero attached hydrogens (tertiary/aromatic N) is 1. The predicted octanol–water partition coefficient (Wildman–Crippen LogP) is 2.55. The average molecular weight is 242 g/mol. The molecular formula is C13H20ClNO. The Morgan fingerprint density at radius 2 is 1.88 bits per heavy atom. The topological polar surface area (TPSA) is 23.5 Å². The van der Waals surface area contributed by atoms with E-state index < -0.39 is 0 Å². The van der Waals surface area contributed by atoms with Crippen molar-refractivity contribution in [2.75, 3.05) is 19.7 Å². The number of aryl methyl sites for hydroxylation is 1. The maximum atomic E-state index is 9.52. The van der Waals surface area contributed by atoms with Crippen LogP contribution in [0.15, 0.2) is 24.3 Å². The molecule has 1 fully saturated rings. The number of hydrogen-bond donors (Lipinski definition) is 1. The molecule has 0 aromatic heterocycles. The molecule has 1 aromatic rings. The summed E-state index contributed by atoms with van der Waals surface area (Å²) in [6, 6.07) is 8.56. The molecule has 1 N–H and O–H groups in total. The van der Waals surface area contributed by atoms with Crippen LogP contribution in [0.25, 0.3) is 0 Å². The van der Waals surface area contributed by atoms with Crippen LogP contribution in [-0.4, -0.2) is 29.7 Å². The Morgan fingerprint density at radius 3 is 2.44 bits per heavy atom. The van der Waals surface area contributed by atoms with Crippen LogP contribution in [0.2, 0.25) is 0 Å². The summed E-state index contributed by atoms with van der Waals surface area (Å²) in [7, 11) is 0. The number of aliphatic hydroxyl groups excluding tert-OH is 1. The summed E-state index contributed by atoms with van der Waals surface area (Å²) < 4.78 is 0. The van der Waals surface area contributed by atoms with Gasteiger partial charge in [-0.15, -0.1) is 12.4 Å². The zero-order valence-corrected chi connectivity index (χ0v) is 10.5. The van der Waals surface area contributed by atoms with E-state index in [9.17, 15) is 5.11 Å². The molecule has 3 heteroatoms. The fraction of sp³-hybridized carbons (Fsp3) is 0.538. The highest BCUT2D eigenvalue weighted by molar-refractivity contribution is 5.85. The predicted molar refractivity (Wildman–Crippen MR) is 69.1 cm³/mol. The molecule has 0 unspecified atom stereocenters. The Labute approximate surface area is 104 Å². The van der Waals surface area contributed by atoms with E-state index in [1.807, 2.05) is 0 Å². The Hall–Kier alpha value is -0.570. The van der Waals surface area contributed by atoms with Crippen molar-refractivity contribution in [2.24, 2.45) is 0 Å². The van der Waals surface area contributed by atoms with Gasteiger partial charge in [0.25, 0.3) is 0 Å². The Bertz CT molecular complexity index is 323. The second-order valence-corrected chi connectivity index (χ2v) is 4.30. The molecule has 1 aromatic carbocycles. The highest BCUT2D eigenvalue weighted by Crippen LogP contribution is 2.26. The molecule has 1 saturated heterocycles. The molecule has 2 rings (SSSR count). The standard InChI is InChI=1S/C13H19NO.ClH/c1-11-6-2-3-7-12(11)13(10-15)14-8-4-5-9-14;/h2-3,6-7,13,15H,4-5,8-10H2,1H3;1H/t13-;/m0./s1. The zero-order valence-electron chi connectivity index (χ0n) is 9.72. The second kappa shape index (κ2) is 6.24. The van der Waals surface area contributed by atoms with Gasteiger partial charge in [-0.25, -0.2) is 0 Å². The van der Waals surface area contributed by atoms with Gasteiger partial charge in [-0.05, 0) is 44.0 Å². The molecule has 0 bridgehead atoms. The van der Waals surface area contributed by atoms with Crippen LogP contribution < -0.4 is 0 Å². The summed E-state index contributed by atoms with van der Waals surface area (Å²) in [4.78, 5) is 2.39. The van der Waals surface area contributed by atoms with E-state index in [2.05, 4.69) is 36.1 Å². The molecule has 1 heterocycles. The lowest BCUT2D eigenvalue weighted by Gasteiger charge is -2.27. The van der Waals surface area contributed by atoms with Gasteiger partial charge in [0.2, 0.25) is 0 Å². The minimum atomic E-state index is 0. The van der Waals surface area contributed by atoms with E-state index in [0.29, 0.717) is 0 Å². The molecule has 0 amide bonds. The third-order valence-electron chi connectivity index (χ3n) is 3.30. The van der Waals surface area contributed by atoms with Crippen molar-refractivity contribution < 1.29 is 5.11 Å². The highest BCUT2D eigenvalue weighted by Gasteiger charge is 2.23. The lowest BCUT2D eigenvalue weighted by Crippen LogP contribution is -2.28. The second-order valence-electron chi connectivity index (χ2n) is 4.30. The van der Waals surface area contributed by atoms with Crippen molar-refractivity contribution in [3.05, 3.63) is 35.4 Å². The summed E-state index contributed by atoms with van der Waals surface area (Å²) in [5.74, 6) is 0. The van der Waals surface area contributed by atoms with Gasteiger partial charge < -0.3 is 5.11 Å². The van der Waals surface area contributed by atoms with E-state index in [0.717, 1.165) is 13.1 Å². The van der Waals surface area contributed by atoms with Gasteiger partial charge in [0.1, 0.15) is 0 Å². The first-order valence-electron chi connectivity index (χ1n) is 5.73. The summed E-state index contributed by atoms with van der Waals surface area (Å²) in [6.07, 6.45) is 2.53. The molecule has 0 aliphatic carbocycles. The van der Waals surface area contributed by atoms with E-state index in [-0.39, 0.29) is 25.1 Å². The third-order valence-corrected chi connectivity index (χ3v) is 3.30. The summed E-state index contributed by atoms with van der Waals surface area (Å²) in [5, 5.41) is 9.52. The van der Waals surface area contributed by atoms with Gasteiger partial charge in [0, 0.05) is 0 Å². The molecule has 0 spiro atoms. The summed E-state index contributed by atoms with van der Waals surface area (Å²) in [6.45, 7) is 4.60. The fourth-order valence-corrected chi connectivity index (χ4v) is 2.42. The lowest BCUT2D eigenvalue weighted by atomic mass is 10.0. The Balaban J connectivity index is 0.00000128. The molecule has 1 aliphatic rings. The van der Waals surface area contributed by atoms with Crippen LogP contribution in [0.4, 0.5) is 0 Å². The first-order chi connectivity index (χ1) is 7.33. The summed E-state index contributed by atoms with van der Waals surface area (Å²) >= 11 is 0. The molecule has 1 aliphatic heterocycles.